The van der Waals surface area contributed by atoms with Crippen molar-refractivity contribution in [2.75, 3.05) is 16.3 Å². The minimum absolute atomic E-state index is 0.0947. The third-order valence-corrected chi connectivity index (χ3v) is 4.62. The summed E-state index contributed by atoms with van der Waals surface area (Å²) in [5.74, 6) is -0.346. The van der Waals surface area contributed by atoms with Gasteiger partial charge < -0.3 is 0 Å². The highest BCUT2D eigenvalue weighted by molar-refractivity contribution is 7.92. The quantitative estimate of drug-likeness (QED) is 0.715. The first kappa shape index (κ1) is 17.1. The average molecular weight is 374 g/mol. The van der Waals surface area contributed by atoms with Crippen molar-refractivity contribution in [1.82, 2.24) is 10.2 Å². The lowest BCUT2D eigenvalue weighted by Crippen LogP contribution is -2.11. The summed E-state index contributed by atoms with van der Waals surface area (Å²) in [6.07, 6.45) is 1.01. The predicted octanol–water partition coefficient (Wildman–Crippen LogP) is 2.83. The maximum atomic E-state index is 12.2. The highest BCUT2D eigenvalue weighted by Crippen LogP contribution is 2.22. The van der Waals surface area contributed by atoms with Gasteiger partial charge in [0.2, 0.25) is 20.3 Å². The molecular formula is C16H14N4O3S2. The van der Waals surface area contributed by atoms with E-state index in [2.05, 4.69) is 20.2 Å². The van der Waals surface area contributed by atoms with Crippen LogP contribution in [0.2, 0.25) is 0 Å². The minimum Gasteiger partial charge on any atom is -0.296 e. The molecule has 0 fully saturated rings. The molecule has 0 saturated heterocycles. The van der Waals surface area contributed by atoms with Crippen molar-refractivity contribution in [3.63, 3.8) is 0 Å². The zero-order valence-corrected chi connectivity index (χ0v) is 14.8. The maximum Gasteiger partial charge on any atom is 0.257 e. The number of aromatic nitrogens is 2. The first-order valence-electron chi connectivity index (χ1n) is 7.19. The summed E-state index contributed by atoms with van der Waals surface area (Å²) in [5.41, 5.74) is 2.54. The van der Waals surface area contributed by atoms with E-state index in [9.17, 15) is 13.2 Å². The zero-order valence-electron chi connectivity index (χ0n) is 13.1. The molecule has 2 aromatic carbocycles. The molecule has 0 saturated carbocycles. The van der Waals surface area contributed by atoms with Crippen LogP contribution < -0.4 is 10.0 Å². The van der Waals surface area contributed by atoms with E-state index in [1.165, 1.54) is 0 Å². The Kier molecular flexibility index (Phi) is 4.77. The molecule has 0 aliphatic heterocycles. The summed E-state index contributed by atoms with van der Waals surface area (Å²) in [7, 11) is -3.43. The molecule has 0 aliphatic carbocycles. The largest absolute Gasteiger partial charge is 0.296 e. The normalized spacial score (nSPS) is 11.1. The van der Waals surface area contributed by atoms with E-state index < -0.39 is 10.0 Å². The van der Waals surface area contributed by atoms with E-state index in [4.69, 9.17) is 0 Å². The molecule has 2 N–H and O–H groups in total. The summed E-state index contributed by atoms with van der Waals surface area (Å²) < 4.78 is 24.5. The van der Waals surface area contributed by atoms with Crippen LogP contribution in [-0.4, -0.2) is 30.8 Å². The van der Waals surface area contributed by atoms with Gasteiger partial charge in [-0.1, -0.05) is 53.8 Å². The van der Waals surface area contributed by atoms with Gasteiger partial charge in [0.1, 0.15) is 0 Å². The lowest BCUT2D eigenvalue weighted by molar-refractivity contribution is 0.102. The molecule has 0 bridgehead atoms. The molecule has 0 spiro atoms. The number of anilines is 2. The van der Waals surface area contributed by atoms with Crippen LogP contribution in [0.1, 0.15) is 10.4 Å². The molecule has 0 aliphatic rings. The Morgan fingerprint density at radius 3 is 2.16 bits per heavy atom. The second-order valence-corrected chi connectivity index (χ2v) is 7.91. The Bertz CT molecular complexity index is 984. The molecule has 1 aromatic heterocycles. The summed E-state index contributed by atoms with van der Waals surface area (Å²) in [5, 5.41) is 10.3. The zero-order chi connectivity index (χ0) is 17.9. The Morgan fingerprint density at radius 1 is 0.920 bits per heavy atom. The SMILES string of the molecule is CS(=O)(=O)Nc1nnc(NC(=O)c2ccc(-c3ccccc3)cc2)s1. The van der Waals surface area contributed by atoms with Gasteiger partial charge in [-0.3, -0.25) is 14.8 Å². The van der Waals surface area contributed by atoms with Gasteiger partial charge in [0.25, 0.3) is 5.91 Å². The van der Waals surface area contributed by atoms with Crippen molar-refractivity contribution in [2.24, 2.45) is 0 Å². The second kappa shape index (κ2) is 6.99. The second-order valence-electron chi connectivity index (χ2n) is 5.18. The average Bonchev–Trinajstić information content (AvgIpc) is 3.00. The van der Waals surface area contributed by atoms with Gasteiger partial charge in [-0.25, -0.2) is 8.42 Å². The van der Waals surface area contributed by atoms with Gasteiger partial charge in [0.05, 0.1) is 6.26 Å². The number of nitrogens with one attached hydrogen (secondary N) is 2. The monoisotopic (exact) mass is 374 g/mol. The number of hydrogen-bond donors (Lipinski definition) is 2. The van der Waals surface area contributed by atoms with Crippen molar-refractivity contribution >= 4 is 37.5 Å². The molecule has 0 radical (unpaired) electrons. The van der Waals surface area contributed by atoms with E-state index >= 15 is 0 Å². The van der Waals surface area contributed by atoms with E-state index in [0.29, 0.717) is 5.56 Å². The summed E-state index contributed by atoms with van der Waals surface area (Å²) >= 11 is 0.938. The Balaban J connectivity index is 1.69. The lowest BCUT2D eigenvalue weighted by Gasteiger charge is -2.04. The molecule has 0 unspecified atom stereocenters. The lowest BCUT2D eigenvalue weighted by atomic mass is 10.0. The van der Waals surface area contributed by atoms with E-state index in [1.54, 1.807) is 12.1 Å². The van der Waals surface area contributed by atoms with E-state index in [1.807, 2.05) is 42.5 Å². The van der Waals surface area contributed by atoms with Crippen molar-refractivity contribution in [3.8, 4) is 11.1 Å². The van der Waals surface area contributed by atoms with Crippen molar-refractivity contribution in [3.05, 3.63) is 60.2 Å². The third kappa shape index (κ3) is 4.61. The minimum atomic E-state index is -3.43. The van der Waals surface area contributed by atoms with Crippen LogP contribution in [-0.2, 0) is 10.0 Å². The number of sulfonamides is 1. The van der Waals surface area contributed by atoms with Crippen LogP contribution in [0.3, 0.4) is 0 Å². The fourth-order valence-electron chi connectivity index (χ4n) is 2.09. The van der Waals surface area contributed by atoms with E-state index in [0.717, 1.165) is 28.7 Å². The number of carbonyl (C=O) groups excluding carboxylic acids is 1. The van der Waals surface area contributed by atoms with Gasteiger partial charge in [0, 0.05) is 5.56 Å². The molecular weight excluding hydrogens is 360 g/mol. The van der Waals surface area contributed by atoms with E-state index in [-0.39, 0.29) is 16.2 Å². The first-order chi connectivity index (χ1) is 11.9. The summed E-state index contributed by atoms with van der Waals surface area (Å²) in [6.45, 7) is 0. The fourth-order valence-corrected chi connectivity index (χ4v) is 3.56. The highest BCUT2D eigenvalue weighted by atomic mass is 32.2. The Hall–Kier alpha value is -2.78. The number of hydrogen-bond acceptors (Lipinski definition) is 6. The van der Waals surface area contributed by atoms with Gasteiger partial charge in [-0.05, 0) is 23.3 Å². The fraction of sp³-hybridized carbons (Fsp3) is 0.0625. The van der Waals surface area contributed by atoms with Crippen molar-refractivity contribution in [2.45, 2.75) is 0 Å². The molecule has 0 atom stereocenters. The standard InChI is InChI=1S/C16H14N4O3S2/c1-25(22,23)20-16-19-18-15(24-16)17-14(21)13-9-7-12(8-10-13)11-5-3-2-4-6-11/h2-10H,1H3,(H,19,20)(H,17,18,21). The topological polar surface area (TPSA) is 101 Å². The molecule has 1 heterocycles. The van der Waals surface area contributed by atoms with Gasteiger partial charge in [-0.15, -0.1) is 10.2 Å². The van der Waals surface area contributed by atoms with Gasteiger partial charge in [-0.2, -0.15) is 0 Å². The Morgan fingerprint density at radius 2 is 1.52 bits per heavy atom. The molecule has 7 nitrogen and oxygen atoms in total. The smallest absolute Gasteiger partial charge is 0.257 e. The highest BCUT2D eigenvalue weighted by Gasteiger charge is 2.12. The molecule has 3 rings (SSSR count). The van der Waals surface area contributed by atoms with Gasteiger partial charge >= 0.3 is 0 Å². The maximum absolute atomic E-state index is 12.2. The van der Waals surface area contributed by atoms with Crippen molar-refractivity contribution in [1.29, 1.82) is 0 Å². The van der Waals surface area contributed by atoms with Crippen LogP contribution in [0.15, 0.2) is 54.6 Å². The third-order valence-electron chi connectivity index (χ3n) is 3.17. The number of benzene rings is 2. The van der Waals surface area contributed by atoms with Crippen LogP contribution in [0, 0.1) is 0 Å². The van der Waals surface area contributed by atoms with Crippen LogP contribution in [0.5, 0.6) is 0 Å². The number of carbonyl (C=O) groups is 1. The van der Waals surface area contributed by atoms with Crippen LogP contribution in [0.4, 0.5) is 10.3 Å². The van der Waals surface area contributed by atoms with Crippen LogP contribution >= 0.6 is 11.3 Å². The number of rotatable bonds is 5. The first-order valence-corrected chi connectivity index (χ1v) is 9.90. The Labute approximate surface area is 148 Å². The molecule has 3 aromatic rings. The van der Waals surface area contributed by atoms with Gasteiger partial charge in [0.15, 0.2) is 0 Å². The van der Waals surface area contributed by atoms with Crippen LogP contribution in [0.25, 0.3) is 11.1 Å². The molecule has 9 heteroatoms. The van der Waals surface area contributed by atoms with Crippen molar-refractivity contribution < 1.29 is 13.2 Å². The molecule has 128 valence electrons. The predicted molar refractivity (Wildman–Crippen MR) is 98.2 cm³/mol. The summed E-state index contributed by atoms with van der Waals surface area (Å²) in [4.78, 5) is 12.2. The molecule has 1 amide bonds. The number of nitrogens with zero attached hydrogens (tertiary/aromatic N) is 2. The molecule has 25 heavy (non-hydrogen) atoms. The summed E-state index contributed by atoms with van der Waals surface area (Å²) in [6, 6.07) is 17.0. The number of amides is 1.